The Balaban J connectivity index is 3.63. The first-order valence-electron chi connectivity index (χ1n) is 2.20. The highest BCUT2D eigenvalue weighted by molar-refractivity contribution is 5.73. The van der Waals surface area contributed by atoms with E-state index in [0.717, 1.165) is 0 Å². The molecule has 0 spiro atoms. The molecule has 50 valence electrons. The number of isocyanates is 1. The number of aliphatic carboxylic acids is 1. The van der Waals surface area contributed by atoms with Crippen molar-refractivity contribution in [3.8, 4) is 0 Å². The summed E-state index contributed by atoms with van der Waals surface area (Å²) in [5.41, 5.74) is 4.93. The number of hydrogen-bond donors (Lipinski definition) is 2. The van der Waals surface area contributed by atoms with Gasteiger partial charge in [-0.05, 0) is 0 Å². The molecule has 0 heterocycles. The van der Waals surface area contributed by atoms with Crippen LogP contribution in [0.3, 0.4) is 0 Å². The molecule has 0 aliphatic rings. The van der Waals surface area contributed by atoms with E-state index in [0.29, 0.717) is 0 Å². The Labute approximate surface area is 51.2 Å². The molecule has 0 radical (unpaired) electrons. The fourth-order valence-electron chi connectivity index (χ4n) is 0.214. The van der Waals surface area contributed by atoms with E-state index in [-0.39, 0.29) is 6.54 Å². The number of aliphatic imine (C=N–C) groups is 1. The van der Waals surface area contributed by atoms with Gasteiger partial charge in [-0.2, -0.15) is 0 Å². The van der Waals surface area contributed by atoms with Crippen molar-refractivity contribution < 1.29 is 14.7 Å². The van der Waals surface area contributed by atoms with Crippen molar-refractivity contribution in [3.05, 3.63) is 0 Å². The molecule has 0 rings (SSSR count). The molecule has 3 N–H and O–H groups in total. The third kappa shape index (κ3) is 3.40. The van der Waals surface area contributed by atoms with E-state index in [1.807, 2.05) is 0 Å². The van der Waals surface area contributed by atoms with E-state index in [1.54, 1.807) is 0 Å². The first-order valence-corrected chi connectivity index (χ1v) is 2.20. The van der Waals surface area contributed by atoms with Crippen molar-refractivity contribution in [1.29, 1.82) is 0 Å². The van der Waals surface area contributed by atoms with E-state index in [2.05, 4.69) is 4.99 Å². The SMILES string of the molecule is N[C@@H](CN=C=O)C(=O)O. The summed E-state index contributed by atoms with van der Waals surface area (Å²) in [4.78, 5) is 22.3. The van der Waals surface area contributed by atoms with Crippen molar-refractivity contribution >= 4 is 12.0 Å². The molecule has 5 heteroatoms. The summed E-state index contributed by atoms with van der Waals surface area (Å²) in [5, 5.41) is 8.09. The van der Waals surface area contributed by atoms with Crippen molar-refractivity contribution in [3.63, 3.8) is 0 Å². The molecule has 1 atom stereocenters. The van der Waals surface area contributed by atoms with Crippen LogP contribution in [0.4, 0.5) is 0 Å². The molecular formula is C4H6N2O3. The first-order chi connectivity index (χ1) is 4.18. The number of nitrogens with two attached hydrogens (primary N) is 1. The minimum atomic E-state index is -1.17. The maximum absolute atomic E-state index is 9.89. The molecule has 0 amide bonds. The number of carboxylic acids is 1. The first kappa shape index (κ1) is 7.81. The van der Waals surface area contributed by atoms with Gasteiger partial charge >= 0.3 is 5.97 Å². The van der Waals surface area contributed by atoms with E-state index < -0.39 is 12.0 Å². The van der Waals surface area contributed by atoms with Gasteiger partial charge in [0, 0.05) is 0 Å². The molecule has 0 aromatic carbocycles. The summed E-state index contributed by atoms with van der Waals surface area (Å²) in [7, 11) is 0. The number of carbonyl (C=O) groups excluding carboxylic acids is 1. The second-order valence-corrected chi connectivity index (χ2v) is 1.38. The molecule has 0 aliphatic heterocycles. The maximum Gasteiger partial charge on any atom is 0.322 e. The van der Waals surface area contributed by atoms with E-state index in [4.69, 9.17) is 10.8 Å². The Kier molecular flexibility index (Phi) is 3.27. The van der Waals surface area contributed by atoms with Crippen molar-refractivity contribution in [2.75, 3.05) is 6.54 Å². The van der Waals surface area contributed by atoms with Crippen molar-refractivity contribution in [2.45, 2.75) is 6.04 Å². The predicted octanol–water partition coefficient (Wildman–Crippen LogP) is -1.27. The standard InChI is InChI=1S/C4H6N2O3/c5-3(4(8)9)1-6-2-7/h3H,1,5H2,(H,8,9)/t3-/m0/s1. The average Bonchev–Trinajstić information content (AvgIpc) is 1.82. The molecule has 9 heavy (non-hydrogen) atoms. The lowest BCUT2D eigenvalue weighted by Crippen LogP contribution is -2.32. The molecule has 0 unspecified atom stereocenters. The molecule has 0 fully saturated rings. The zero-order valence-electron chi connectivity index (χ0n) is 4.57. The quantitative estimate of drug-likeness (QED) is 0.368. The van der Waals surface area contributed by atoms with Crippen molar-refractivity contribution in [2.24, 2.45) is 10.7 Å². The zero-order chi connectivity index (χ0) is 7.28. The Hall–Kier alpha value is -1.19. The number of rotatable bonds is 3. The second-order valence-electron chi connectivity index (χ2n) is 1.38. The summed E-state index contributed by atoms with van der Waals surface area (Å²) in [6.07, 6.45) is 1.19. The number of carboxylic acid groups (broad SMARTS) is 1. The average molecular weight is 130 g/mol. The highest BCUT2D eigenvalue weighted by atomic mass is 16.4. The van der Waals surface area contributed by atoms with E-state index in [9.17, 15) is 9.59 Å². The largest absolute Gasteiger partial charge is 0.480 e. The monoisotopic (exact) mass is 130 g/mol. The Bertz CT molecular complexity index is 150. The Morgan fingerprint density at radius 1 is 1.89 bits per heavy atom. The molecule has 0 aliphatic carbocycles. The third-order valence-corrected chi connectivity index (χ3v) is 0.670. The Morgan fingerprint density at radius 2 is 2.44 bits per heavy atom. The zero-order valence-corrected chi connectivity index (χ0v) is 4.57. The van der Waals surface area contributed by atoms with Gasteiger partial charge in [-0.3, -0.25) is 4.79 Å². The van der Waals surface area contributed by atoms with E-state index in [1.165, 1.54) is 6.08 Å². The van der Waals surface area contributed by atoms with E-state index >= 15 is 0 Å². The molecule has 5 nitrogen and oxygen atoms in total. The highest BCUT2D eigenvalue weighted by Crippen LogP contribution is 1.77. The summed E-state index contributed by atoms with van der Waals surface area (Å²) in [5.74, 6) is -1.17. The van der Waals surface area contributed by atoms with Gasteiger partial charge in [0.1, 0.15) is 6.04 Å². The number of hydrogen-bond acceptors (Lipinski definition) is 4. The van der Waals surface area contributed by atoms with Crippen LogP contribution < -0.4 is 5.73 Å². The van der Waals surface area contributed by atoms with Crippen LogP contribution in [0.25, 0.3) is 0 Å². The molecule has 0 aromatic heterocycles. The van der Waals surface area contributed by atoms with Gasteiger partial charge in [-0.25, -0.2) is 9.79 Å². The number of carbonyl (C=O) groups is 1. The van der Waals surface area contributed by atoms with Crippen LogP contribution in [-0.2, 0) is 9.59 Å². The number of nitrogens with zero attached hydrogens (tertiary/aromatic N) is 1. The molecule has 0 bridgehead atoms. The van der Waals surface area contributed by atoms with Gasteiger partial charge in [0.2, 0.25) is 6.08 Å². The lowest BCUT2D eigenvalue weighted by Gasteiger charge is -1.96. The van der Waals surface area contributed by atoms with Gasteiger partial charge in [0.15, 0.2) is 0 Å². The summed E-state index contributed by atoms with van der Waals surface area (Å²) in [6.45, 7) is -0.209. The lowest BCUT2D eigenvalue weighted by atomic mass is 10.3. The van der Waals surface area contributed by atoms with Gasteiger partial charge in [-0.15, -0.1) is 0 Å². The molecule has 0 saturated heterocycles. The fraction of sp³-hybridized carbons (Fsp3) is 0.500. The van der Waals surface area contributed by atoms with Crippen molar-refractivity contribution in [1.82, 2.24) is 0 Å². The highest BCUT2D eigenvalue weighted by Gasteiger charge is 2.08. The molecule has 0 saturated carbocycles. The summed E-state index contributed by atoms with van der Waals surface area (Å²) in [6, 6.07) is -1.09. The minimum Gasteiger partial charge on any atom is -0.480 e. The minimum absolute atomic E-state index is 0.209. The third-order valence-electron chi connectivity index (χ3n) is 0.670. The van der Waals surface area contributed by atoms with Crippen LogP contribution in [-0.4, -0.2) is 29.7 Å². The van der Waals surface area contributed by atoms with Gasteiger partial charge in [0.25, 0.3) is 0 Å². The maximum atomic E-state index is 9.89. The topological polar surface area (TPSA) is 92.8 Å². The van der Waals surface area contributed by atoms with Crippen LogP contribution in [0, 0.1) is 0 Å². The molecular weight excluding hydrogens is 124 g/mol. The molecule has 0 aromatic rings. The summed E-state index contributed by atoms with van der Waals surface area (Å²) < 4.78 is 0. The van der Waals surface area contributed by atoms with Crippen LogP contribution >= 0.6 is 0 Å². The van der Waals surface area contributed by atoms with Crippen LogP contribution in [0.5, 0.6) is 0 Å². The van der Waals surface area contributed by atoms with Crippen LogP contribution in [0.15, 0.2) is 4.99 Å². The smallest absolute Gasteiger partial charge is 0.322 e. The predicted molar refractivity (Wildman–Crippen MR) is 28.6 cm³/mol. The summed E-state index contributed by atoms with van der Waals surface area (Å²) >= 11 is 0. The van der Waals surface area contributed by atoms with Gasteiger partial charge < -0.3 is 10.8 Å². The normalized spacial score (nSPS) is 11.7. The van der Waals surface area contributed by atoms with Gasteiger partial charge in [-0.1, -0.05) is 0 Å². The Morgan fingerprint density at radius 3 is 2.78 bits per heavy atom. The van der Waals surface area contributed by atoms with Crippen LogP contribution in [0.2, 0.25) is 0 Å². The lowest BCUT2D eigenvalue weighted by molar-refractivity contribution is -0.138. The van der Waals surface area contributed by atoms with Crippen LogP contribution in [0.1, 0.15) is 0 Å². The second kappa shape index (κ2) is 3.77. The fourth-order valence-corrected chi connectivity index (χ4v) is 0.214. The van der Waals surface area contributed by atoms with Gasteiger partial charge in [0.05, 0.1) is 6.54 Å².